The van der Waals surface area contributed by atoms with Crippen LogP contribution in [0.3, 0.4) is 0 Å². The number of para-hydroxylation sites is 1. The van der Waals surface area contributed by atoms with Crippen molar-refractivity contribution >= 4 is 20.9 Å². The van der Waals surface area contributed by atoms with Crippen molar-refractivity contribution in [2.24, 2.45) is 0 Å². The molecule has 0 bridgehead atoms. The van der Waals surface area contributed by atoms with E-state index in [1.807, 2.05) is 0 Å². The number of hydrogen-bond acceptors (Lipinski definition) is 4. The van der Waals surface area contributed by atoms with Crippen LogP contribution in [0.2, 0.25) is 0 Å². The topological polar surface area (TPSA) is 72.2 Å². The van der Waals surface area contributed by atoms with Crippen molar-refractivity contribution in [3.05, 3.63) is 95.9 Å². The van der Waals surface area contributed by atoms with Crippen molar-refractivity contribution in [3.63, 3.8) is 0 Å². The Morgan fingerprint density at radius 1 is 1.00 bits per heavy atom. The highest BCUT2D eigenvalue weighted by atomic mass is 32.2. The van der Waals surface area contributed by atoms with Crippen LogP contribution in [0, 0.1) is 12.3 Å². The maximum atomic E-state index is 13.6. The Morgan fingerprint density at radius 2 is 1.67 bits per heavy atom. The number of rotatable bonds is 5. The van der Waals surface area contributed by atoms with Gasteiger partial charge in [0.2, 0.25) is 0 Å². The first kappa shape index (κ1) is 22.6. The molecule has 2 heterocycles. The molecule has 1 atom stereocenters. The van der Waals surface area contributed by atoms with Gasteiger partial charge in [-0.2, -0.15) is 13.2 Å². The summed E-state index contributed by atoms with van der Waals surface area (Å²) in [5, 5.41) is 12.2. The van der Waals surface area contributed by atoms with Gasteiger partial charge in [0.05, 0.1) is 16.1 Å². The van der Waals surface area contributed by atoms with Crippen molar-refractivity contribution in [1.82, 2.24) is 8.96 Å². The third-order valence-corrected chi connectivity index (χ3v) is 7.00. The number of aromatic nitrogens is 2. The Labute approximate surface area is 188 Å². The van der Waals surface area contributed by atoms with Crippen LogP contribution >= 0.6 is 0 Å². The van der Waals surface area contributed by atoms with Crippen LogP contribution in [0.1, 0.15) is 23.4 Å². The summed E-state index contributed by atoms with van der Waals surface area (Å²) in [6.45, 7) is 0. The van der Waals surface area contributed by atoms with Gasteiger partial charge >= 0.3 is 6.18 Å². The Balaban J connectivity index is 2.06. The van der Waals surface area contributed by atoms with E-state index in [1.54, 1.807) is 42.5 Å². The van der Waals surface area contributed by atoms with Crippen molar-refractivity contribution in [3.8, 4) is 12.3 Å². The second-order valence-corrected chi connectivity index (χ2v) is 9.13. The zero-order valence-electron chi connectivity index (χ0n) is 17.0. The molecule has 1 unspecified atom stereocenters. The second kappa shape index (κ2) is 8.06. The second-order valence-electron chi connectivity index (χ2n) is 7.34. The molecule has 2 aromatic heterocycles. The molecule has 0 aliphatic carbocycles. The number of benzene rings is 2. The number of pyridine rings is 1. The monoisotopic (exact) mass is 470 g/mol. The van der Waals surface area contributed by atoms with E-state index >= 15 is 0 Å². The molecule has 5 nitrogen and oxygen atoms in total. The zero-order valence-corrected chi connectivity index (χ0v) is 17.8. The summed E-state index contributed by atoms with van der Waals surface area (Å²) >= 11 is 0. The number of hydrogen-bond donors (Lipinski definition) is 1. The Kier molecular flexibility index (Phi) is 5.52. The molecule has 168 valence electrons. The first-order valence-electron chi connectivity index (χ1n) is 9.70. The number of fused-ring (bicyclic) bond motifs is 1. The minimum absolute atomic E-state index is 0.0543. The number of alkyl halides is 3. The smallest absolute Gasteiger partial charge is 0.378 e. The molecule has 2 aromatic carbocycles. The lowest BCUT2D eigenvalue weighted by Crippen LogP contribution is -2.32. The summed E-state index contributed by atoms with van der Waals surface area (Å²) in [7, 11) is -4.25. The molecule has 0 saturated carbocycles. The molecular formula is C24H17F3N2O3S. The standard InChI is InChI=1S/C24H17F3N2O3S/c1-2-13-23(30,18-12-14-28-21(16-18)24(25,26)27)22-15-17-8-6-7-11-20(17)29(22)33(31,32)19-9-4-3-5-10-19/h1,3-12,14-16,30H,13H2. The zero-order chi connectivity index (χ0) is 23.9. The molecule has 1 N–H and O–H groups in total. The maximum absolute atomic E-state index is 13.6. The predicted molar refractivity (Wildman–Crippen MR) is 117 cm³/mol. The number of nitrogens with zero attached hydrogens (tertiary/aromatic N) is 2. The molecule has 9 heteroatoms. The minimum atomic E-state index is -4.77. The van der Waals surface area contributed by atoms with E-state index in [0.717, 1.165) is 10.2 Å². The van der Waals surface area contributed by atoms with Crippen LogP contribution in [-0.2, 0) is 21.8 Å². The number of terminal acetylenes is 1. The molecule has 4 rings (SSSR count). The van der Waals surface area contributed by atoms with Gasteiger partial charge in [-0.3, -0.25) is 4.98 Å². The van der Waals surface area contributed by atoms with Crippen LogP contribution in [-0.4, -0.2) is 22.5 Å². The van der Waals surface area contributed by atoms with Crippen molar-refractivity contribution in [2.45, 2.75) is 23.1 Å². The summed E-state index contributed by atoms with van der Waals surface area (Å²) in [5.74, 6) is 2.27. The molecule has 0 radical (unpaired) electrons. The van der Waals surface area contributed by atoms with Crippen LogP contribution in [0.5, 0.6) is 0 Å². The molecule has 0 fully saturated rings. The largest absolute Gasteiger partial charge is 0.433 e. The molecule has 4 aromatic rings. The molecule has 0 saturated heterocycles. The highest BCUT2D eigenvalue weighted by Crippen LogP contribution is 2.40. The van der Waals surface area contributed by atoms with Gasteiger partial charge in [-0.15, -0.1) is 12.3 Å². The first-order valence-corrected chi connectivity index (χ1v) is 11.1. The van der Waals surface area contributed by atoms with Crippen molar-refractivity contribution < 1.29 is 26.7 Å². The van der Waals surface area contributed by atoms with E-state index in [2.05, 4.69) is 10.9 Å². The fourth-order valence-electron chi connectivity index (χ4n) is 3.71. The maximum Gasteiger partial charge on any atom is 0.433 e. The highest BCUT2D eigenvalue weighted by Gasteiger charge is 2.40. The van der Waals surface area contributed by atoms with Crippen molar-refractivity contribution in [2.75, 3.05) is 0 Å². The first-order chi connectivity index (χ1) is 15.6. The summed E-state index contributed by atoms with van der Waals surface area (Å²) < 4.78 is 68.2. The molecule has 0 spiro atoms. The SMILES string of the molecule is C#CCC(O)(c1ccnc(C(F)(F)F)c1)c1cc2ccccc2n1S(=O)(=O)c1ccccc1. The number of aliphatic hydroxyl groups is 1. The molecule has 0 amide bonds. The van der Waals surface area contributed by atoms with E-state index < -0.39 is 33.9 Å². The van der Waals surface area contributed by atoms with E-state index in [4.69, 9.17) is 6.42 Å². The van der Waals surface area contributed by atoms with Gasteiger partial charge in [0.15, 0.2) is 0 Å². The summed E-state index contributed by atoms with van der Waals surface area (Å²) in [5.41, 5.74) is -3.64. The van der Waals surface area contributed by atoms with Crippen LogP contribution < -0.4 is 0 Å². The molecule has 0 aliphatic heterocycles. The average Bonchev–Trinajstić information content (AvgIpc) is 3.20. The third-order valence-electron chi connectivity index (χ3n) is 5.26. The fourth-order valence-corrected chi connectivity index (χ4v) is 5.31. The van der Waals surface area contributed by atoms with Gasteiger partial charge in [0.1, 0.15) is 11.3 Å². The van der Waals surface area contributed by atoms with Gasteiger partial charge in [-0.1, -0.05) is 36.4 Å². The fraction of sp³-hybridized carbons (Fsp3) is 0.125. The van der Waals surface area contributed by atoms with Crippen LogP contribution in [0.4, 0.5) is 13.2 Å². The summed E-state index contributed by atoms with van der Waals surface area (Å²) in [4.78, 5) is 3.27. The summed E-state index contributed by atoms with van der Waals surface area (Å²) in [6.07, 6.45) is 1.13. The lowest BCUT2D eigenvalue weighted by molar-refractivity contribution is -0.141. The lowest BCUT2D eigenvalue weighted by atomic mass is 9.87. The van der Waals surface area contributed by atoms with E-state index in [-0.39, 0.29) is 21.7 Å². The minimum Gasteiger partial charge on any atom is -0.378 e. The normalized spacial score (nSPS) is 14.0. The average molecular weight is 470 g/mol. The van der Waals surface area contributed by atoms with E-state index in [9.17, 15) is 26.7 Å². The lowest BCUT2D eigenvalue weighted by Gasteiger charge is -2.29. The number of halogens is 3. The van der Waals surface area contributed by atoms with Gasteiger partial charge in [0.25, 0.3) is 10.0 Å². The van der Waals surface area contributed by atoms with E-state index in [0.29, 0.717) is 11.5 Å². The van der Waals surface area contributed by atoms with Crippen LogP contribution in [0.15, 0.2) is 83.9 Å². The van der Waals surface area contributed by atoms with Crippen molar-refractivity contribution in [1.29, 1.82) is 0 Å². The predicted octanol–water partition coefficient (Wildman–Crippen LogP) is 4.55. The summed E-state index contributed by atoms with van der Waals surface area (Å²) in [6, 6.07) is 17.3. The Morgan fingerprint density at radius 3 is 2.33 bits per heavy atom. The quantitative estimate of drug-likeness (QED) is 0.435. The van der Waals surface area contributed by atoms with E-state index in [1.165, 1.54) is 24.3 Å². The molecule has 33 heavy (non-hydrogen) atoms. The Bertz CT molecular complexity index is 1470. The Hall–Kier alpha value is -3.61. The highest BCUT2D eigenvalue weighted by molar-refractivity contribution is 7.90. The van der Waals surface area contributed by atoms with Crippen LogP contribution in [0.25, 0.3) is 10.9 Å². The third kappa shape index (κ3) is 3.88. The van der Waals surface area contributed by atoms with Gasteiger partial charge in [-0.25, -0.2) is 12.4 Å². The van der Waals surface area contributed by atoms with Gasteiger partial charge in [0, 0.05) is 18.0 Å². The molecule has 0 aliphatic rings. The van der Waals surface area contributed by atoms with Gasteiger partial charge in [-0.05, 0) is 42.0 Å². The molecular weight excluding hydrogens is 453 g/mol. The van der Waals surface area contributed by atoms with Gasteiger partial charge < -0.3 is 5.11 Å².